The number of amides is 2. The molecule has 43 heavy (non-hydrogen) atoms. The highest BCUT2D eigenvalue weighted by molar-refractivity contribution is 6.01. The Kier molecular flexibility index (Phi) is 11.5. The fourth-order valence-electron chi connectivity index (χ4n) is 4.64. The number of para-hydroxylation sites is 2. The molecule has 0 aliphatic carbocycles. The number of fused-ring (bicyclic) bond motifs is 1. The second-order valence-electron chi connectivity index (χ2n) is 9.67. The normalized spacial score (nSPS) is 12.5. The van der Waals surface area contributed by atoms with Gasteiger partial charge in [0.15, 0.2) is 6.10 Å². The smallest absolute Gasteiger partial charge is 0.412 e. The van der Waals surface area contributed by atoms with Crippen molar-refractivity contribution in [2.45, 2.75) is 32.0 Å². The number of nitrogens with one attached hydrogen (secondary N) is 2. The minimum atomic E-state index is -0.756. The van der Waals surface area contributed by atoms with Gasteiger partial charge in [0.2, 0.25) is 5.91 Å². The number of hydrogen-bond donors (Lipinski definition) is 4. The number of benzene rings is 4. The summed E-state index contributed by atoms with van der Waals surface area (Å²) in [5.74, 6) is 0.282. The molecule has 2 atom stereocenters. The van der Waals surface area contributed by atoms with Crippen LogP contribution >= 0.6 is 0 Å². The molecule has 0 saturated carbocycles. The molecule has 0 aliphatic heterocycles. The lowest BCUT2D eigenvalue weighted by Gasteiger charge is -2.27. The molecule has 2 amide bonds. The Morgan fingerprint density at radius 2 is 1.63 bits per heavy atom. The van der Waals surface area contributed by atoms with E-state index in [0.29, 0.717) is 47.8 Å². The van der Waals surface area contributed by atoms with E-state index in [0.717, 1.165) is 10.8 Å². The molecule has 0 heterocycles. The zero-order chi connectivity index (χ0) is 30.4. The first kappa shape index (κ1) is 31.1. The summed E-state index contributed by atoms with van der Waals surface area (Å²) >= 11 is 0. The van der Waals surface area contributed by atoms with Gasteiger partial charge in [0.05, 0.1) is 29.8 Å². The van der Waals surface area contributed by atoms with Crippen LogP contribution in [0.15, 0.2) is 103 Å². The predicted molar refractivity (Wildman–Crippen MR) is 169 cm³/mol. The topological polar surface area (TPSA) is 132 Å². The number of nitrogens with two attached hydrogens (primary N) is 1. The Balaban J connectivity index is 1.49. The number of aliphatic hydroxyl groups is 1. The van der Waals surface area contributed by atoms with Crippen LogP contribution in [-0.2, 0) is 14.3 Å². The number of rotatable bonds is 14. The average Bonchev–Trinajstić information content (AvgIpc) is 3.02. The quantitative estimate of drug-likeness (QED) is 0.0989. The van der Waals surface area contributed by atoms with Gasteiger partial charge in [-0.1, -0.05) is 66.7 Å². The van der Waals surface area contributed by atoms with Crippen molar-refractivity contribution in [1.82, 2.24) is 0 Å². The van der Waals surface area contributed by atoms with Gasteiger partial charge >= 0.3 is 6.09 Å². The van der Waals surface area contributed by atoms with Crippen LogP contribution in [0.4, 0.5) is 21.9 Å². The molecule has 0 fully saturated rings. The van der Waals surface area contributed by atoms with Crippen molar-refractivity contribution in [1.29, 1.82) is 0 Å². The van der Waals surface area contributed by atoms with Crippen LogP contribution in [0.3, 0.4) is 0 Å². The van der Waals surface area contributed by atoms with Crippen LogP contribution in [0.5, 0.6) is 5.75 Å². The summed E-state index contributed by atoms with van der Waals surface area (Å²) in [6.07, 6.45) is 2.27. The zero-order valence-corrected chi connectivity index (χ0v) is 24.1. The van der Waals surface area contributed by atoms with Crippen LogP contribution < -0.4 is 21.1 Å². The van der Waals surface area contributed by atoms with Crippen LogP contribution in [0.1, 0.15) is 31.4 Å². The minimum Gasteiger partial charge on any atom is -0.491 e. The number of carbonyl (C=O) groups is 2. The highest BCUT2D eigenvalue weighted by atomic mass is 16.6. The Bertz CT molecular complexity index is 1520. The maximum atomic E-state index is 13.3. The van der Waals surface area contributed by atoms with Gasteiger partial charge in [0.1, 0.15) is 12.4 Å². The Hall–Kier alpha value is -4.86. The molecule has 9 heteroatoms. The van der Waals surface area contributed by atoms with Crippen molar-refractivity contribution >= 4 is 39.8 Å². The number of hydrogen-bond acceptors (Lipinski definition) is 7. The predicted octanol–water partition coefficient (Wildman–Crippen LogP) is 6.46. The van der Waals surface area contributed by atoms with Gasteiger partial charge in [0.25, 0.3) is 0 Å². The molecular weight excluding hydrogens is 546 g/mol. The fourth-order valence-corrected chi connectivity index (χ4v) is 4.64. The molecule has 0 saturated heterocycles. The molecule has 9 nitrogen and oxygen atoms in total. The largest absolute Gasteiger partial charge is 0.491 e. The first-order valence-corrected chi connectivity index (χ1v) is 14.2. The van der Waals surface area contributed by atoms with Crippen molar-refractivity contribution in [3.63, 3.8) is 0 Å². The molecule has 0 spiro atoms. The fraction of sp³-hybridized carbons (Fsp3) is 0.235. The van der Waals surface area contributed by atoms with E-state index in [9.17, 15) is 9.59 Å². The number of aliphatic hydroxyl groups excluding tert-OH is 1. The SMILES string of the molecule is CCO[C@H](CC/C=C/C(=O)Nc1ccccc1N)[C@H](OC(=O)Nc1cccc2ccccc12)c1ccc(OCCO)cc1. The molecule has 224 valence electrons. The van der Waals surface area contributed by atoms with E-state index in [4.69, 9.17) is 25.1 Å². The molecule has 4 aromatic rings. The maximum absolute atomic E-state index is 13.3. The van der Waals surface area contributed by atoms with Crippen molar-refractivity contribution < 1.29 is 28.9 Å². The summed E-state index contributed by atoms with van der Waals surface area (Å²) < 4.78 is 17.6. The second-order valence-corrected chi connectivity index (χ2v) is 9.67. The van der Waals surface area contributed by atoms with Gasteiger partial charge in [0, 0.05) is 12.0 Å². The first-order chi connectivity index (χ1) is 21.0. The van der Waals surface area contributed by atoms with Gasteiger partial charge in [-0.05, 0) is 67.1 Å². The number of allylic oxidation sites excluding steroid dienone is 1. The number of anilines is 3. The standard InChI is InChI=1S/C34H37N3O6/c1-2-41-31(16-7-8-17-32(39)36-30-14-6-5-13-28(30)35)33(25-18-20-26(21-19-25)42-23-22-38)43-34(40)37-29-15-9-11-24-10-3-4-12-27(24)29/h3-6,8-15,17-21,31,33,38H,2,7,16,22-23,35H2,1H3,(H,36,39)(H,37,40)/b17-8+/t31-,33-/m1/s1. The Labute approximate surface area is 251 Å². The minimum absolute atomic E-state index is 0.0987. The van der Waals surface area contributed by atoms with Crippen LogP contribution in [0.25, 0.3) is 10.8 Å². The monoisotopic (exact) mass is 583 g/mol. The van der Waals surface area contributed by atoms with Crippen molar-refractivity contribution in [3.8, 4) is 5.75 Å². The van der Waals surface area contributed by atoms with Crippen molar-refractivity contribution in [2.75, 3.05) is 36.2 Å². The molecule has 0 aromatic heterocycles. The molecule has 0 aliphatic rings. The number of nitrogen functional groups attached to an aromatic ring is 1. The molecule has 0 bridgehead atoms. The van der Waals surface area contributed by atoms with E-state index in [-0.39, 0.29) is 19.1 Å². The van der Waals surface area contributed by atoms with Gasteiger partial charge < -0.3 is 30.4 Å². The first-order valence-electron chi connectivity index (χ1n) is 14.2. The second kappa shape index (κ2) is 16.0. The lowest BCUT2D eigenvalue weighted by atomic mass is 10.00. The maximum Gasteiger partial charge on any atom is 0.412 e. The van der Waals surface area contributed by atoms with Gasteiger partial charge in [-0.3, -0.25) is 10.1 Å². The third kappa shape index (κ3) is 9.06. The summed E-state index contributed by atoms with van der Waals surface area (Å²) in [7, 11) is 0. The van der Waals surface area contributed by atoms with Gasteiger partial charge in [-0.25, -0.2) is 4.79 Å². The third-order valence-corrected chi connectivity index (χ3v) is 6.65. The molecule has 0 radical (unpaired) electrons. The molecule has 4 rings (SSSR count). The Morgan fingerprint density at radius 1 is 0.907 bits per heavy atom. The summed E-state index contributed by atoms with van der Waals surface area (Å²) in [5.41, 5.74) is 8.28. The molecular formula is C34H37N3O6. The Morgan fingerprint density at radius 3 is 2.40 bits per heavy atom. The highest BCUT2D eigenvalue weighted by Crippen LogP contribution is 2.30. The lowest BCUT2D eigenvalue weighted by Crippen LogP contribution is -2.29. The lowest BCUT2D eigenvalue weighted by molar-refractivity contribution is -0.111. The van der Waals surface area contributed by atoms with Crippen LogP contribution in [0, 0.1) is 0 Å². The van der Waals surface area contributed by atoms with E-state index < -0.39 is 18.3 Å². The van der Waals surface area contributed by atoms with E-state index in [1.54, 1.807) is 42.5 Å². The summed E-state index contributed by atoms with van der Waals surface area (Å²) in [6, 6.07) is 27.6. The average molecular weight is 584 g/mol. The van der Waals surface area contributed by atoms with Crippen molar-refractivity contribution in [3.05, 3.63) is 109 Å². The van der Waals surface area contributed by atoms with E-state index in [1.165, 1.54) is 6.08 Å². The summed E-state index contributed by atoms with van der Waals surface area (Å²) in [6.45, 7) is 2.34. The number of ether oxygens (including phenoxy) is 3. The summed E-state index contributed by atoms with van der Waals surface area (Å²) in [5, 5.41) is 16.6. The van der Waals surface area contributed by atoms with Gasteiger partial charge in [-0.15, -0.1) is 0 Å². The highest BCUT2D eigenvalue weighted by Gasteiger charge is 2.28. The number of carbonyl (C=O) groups excluding carboxylic acids is 2. The molecule has 4 aromatic carbocycles. The van der Waals surface area contributed by atoms with E-state index in [2.05, 4.69) is 10.6 Å². The summed E-state index contributed by atoms with van der Waals surface area (Å²) in [4.78, 5) is 25.7. The zero-order valence-electron chi connectivity index (χ0n) is 24.1. The van der Waals surface area contributed by atoms with Crippen LogP contribution in [0.2, 0.25) is 0 Å². The van der Waals surface area contributed by atoms with Crippen molar-refractivity contribution in [2.24, 2.45) is 0 Å². The van der Waals surface area contributed by atoms with E-state index in [1.807, 2.05) is 61.5 Å². The van der Waals surface area contributed by atoms with Crippen LogP contribution in [-0.4, -0.2) is 43.0 Å². The van der Waals surface area contributed by atoms with Gasteiger partial charge in [-0.2, -0.15) is 0 Å². The molecule has 0 unspecified atom stereocenters. The third-order valence-electron chi connectivity index (χ3n) is 6.65. The molecule has 5 N–H and O–H groups in total. The van der Waals surface area contributed by atoms with E-state index >= 15 is 0 Å².